The molecule has 6 nitrogen and oxygen atoms in total. The molecule has 7 heteroatoms. The van der Waals surface area contributed by atoms with Gasteiger partial charge in [0, 0.05) is 12.7 Å². The molecule has 1 aliphatic rings. The predicted octanol–water partition coefficient (Wildman–Crippen LogP) is 5.44. The first kappa shape index (κ1) is 23.5. The first-order chi connectivity index (χ1) is 16.0. The number of rotatable bonds is 10. The fourth-order valence-corrected chi connectivity index (χ4v) is 4.88. The highest BCUT2D eigenvalue weighted by Crippen LogP contribution is 2.33. The minimum atomic E-state index is -3.22. The Balaban J connectivity index is 1.40. The maximum atomic E-state index is 11.8. The van der Waals surface area contributed by atoms with Gasteiger partial charge in [-0.15, -0.1) is 0 Å². The smallest absolute Gasteiger partial charge is 0.175 e. The number of benzene rings is 2. The van der Waals surface area contributed by atoms with Crippen molar-refractivity contribution in [3.63, 3.8) is 0 Å². The zero-order chi connectivity index (χ0) is 23.1. The highest BCUT2D eigenvalue weighted by atomic mass is 32.2. The largest absolute Gasteiger partial charge is 0.494 e. The van der Waals surface area contributed by atoms with Crippen LogP contribution in [0.1, 0.15) is 50.3 Å². The molecule has 0 saturated heterocycles. The van der Waals surface area contributed by atoms with Gasteiger partial charge in [-0.25, -0.2) is 8.42 Å². The van der Waals surface area contributed by atoms with Crippen LogP contribution in [0.15, 0.2) is 65.6 Å². The molecule has 33 heavy (non-hydrogen) atoms. The zero-order valence-electron chi connectivity index (χ0n) is 19.2. The van der Waals surface area contributed by atoms with Crippen molar-refractivity contribution in [2.45, 2.75) is 56.1 Å². The molecule has 1 aromatic heterocycles. The van der Waals surface area contributed by atoms with Crippen molar-refractivity contribution in [2.75, 3.05) is 19.5 Å². The normalized spacial score (nSPS) is 14.9. The third-order valence-corrected chi connectivity index (χ3v) is 7.11. The number of hydrogen-bond acceptors (Lipinski definition) is 5. The number of ether oxygens (including phenoxy) is 2. The van der Waals surface area contributed by atoms with Crippen LogP contribution < -0.4 is 4.74 Å². The lowest BCUT2D eigenvalue weighted by Gasteiger charge is -2.24. The second kappa shape index (κ2) is 11.0. The van der Waals surface area contributed by atoms with E-state index >= 15 is 0 Å². The van der Waals surface area contributed by atoms with Gasteiger partial charge in [0.2, 0.25) is 0 Å². The third-order valence-electron chi connectivity index (χ3n) is 5.98. The summed E-state index contributed by atoms with van der Waals surface area (Å²) in [7, 11) is -3.22. The molecule has 1 fully saturated rings. The monoisotopic (exact) mass is 468 g/mol. The van der Waals surface area contributed by atoms with Gasteiger partial charge < -0.3 is 9.47 Å². The van der Waals surface area contributed by atoms with Crippen LogP contribution in [0.25, 0.3) is 11.3 Å². The second-order valence-corrected chi connectivity index (χ2v) is 10.6. The van der Waals surface area contributed by atoms with E-state index in [0.717, 1.165) is 42.0 Å². The fraction of sp³-hybridized carbons (Fsp3) is 0.423. The lowest BCUT2D eigenvalue weighted by atomic mass is 9.95. The summed E-state index contributed by atoms with van der Waals surface area (Å²) >= 11 is 0. The maximum absolute atomic E-state index is 11.8. The van der Waals surface area contributed by atoms with Crippen LogP contribution >= 0.6 is 0 Å². The van der Waals surface area contributed by atoms with Gasteiger partial charge in [0.15, 0.2) is 9.84 Å². The van der Waals surface area contributed by atoms with Crippen molar-refractivity contribution in [1.82, 2.24) is 9.78 Å². The highest BCUT2D eigenvalue weighted by Gasteiger charge is 2.21. The van der Waals surface area contributed by atoms with Crippen molar-refractivity contribution in [3.05, 3.63) is 66.4 Å². The van der Waals surface area contributed by atoms with Gasteiger partial charge >= 0.3 is 0 Å². The highest BCUT2D eigenvalue weighted by molar-refractivity contribution is 7.90. The van der Waals surface area contributed by atoms with Gasteiger partial charge in [0.05, 0.1) is 42.1 Å². The van der Waals surface area contributed by atoms with Gasteiger partial charge in [-0.3, -0.25) is 4.68 Å². The first-order valence-corrected chi connectivity index (χ1v) is 13.5. The summed E-state index contributed by atoms with van der Waals surface area (Å²) in [5, 5.41) is 4.89. The van der Waals surface area contributed by atoms with E-state index < -0.39 is 9.84 Å². The molecule has 3 aromatic rings. The fourth-order valence-electron chi connectivity index (χ4n) is 4.25. The minimum absolute atomic E-state index is 0.330. The molecule has 1 saturated carbocycles. The molecule has 1 aliphatic carbocycles. The summed E-state index contributed by atoms with van der Waals surface area (Å²) in [6.45, 7) is 1.65. The Bertz CT molecular complexity index is 1120. The summed E-state index contributed by atoms with van der Waals surface area (Å²) in [6, 6.07) is 19.3. The molecule has 0 N–H and O–H groups in total. The summed E-state index contributed by atoms with van der Waals surface area (Å²) < 4.78 is 37.4. The van der Waals surface area contributed by atoms with Crippen LogP contribution in [0.5, 0.6) is 5.75 Å². The number of para-hydroxylation sites is 1. The molecule has 0 unspecified atom stereocenters. The maximum Gasteiger partial charge on any atom is 0.175 e. The molecule has 176 valence electrons. The molecule has 1 heterocycles. The predicted molar refractivity (Wildman–Crippen MR) is 129 cm³/mol. The van der Waals surface area contributed by atoms with E-state index in [1.165, 1.54) is 25.5 Å². The Kier molecular flexibility index (Phi) is 7.83. The molecular weight excluding hydrogens is 436 g/mol. The average molecular weight is 469 g/mol. The third kappa shape index (κ3) is 6.45. The molecular formula is C26H32N2O4S. The molecule has 0 radical (unpaired) electrons. The van der Waals surface area contributed by atoms with Crippen molar-refractivity contribution in [3.8, 4) is 17.0 Å². The average Bonchev–Trinajstić information content (AvgIpc) is 3.26. The lowest BCUT2D eigenvalue weighted by Crippen LogP contribution is -2.15. The Morgan fingerprint density at radius 1 is 0.970 bits per heavy atom. The number of sulfone groups is 1. The molecule has 0 spiro atoms. The first-order valence-electron chi connectivity index (χ1n) is 11.7. The summed E-state index contributed by atoms with van der Waals surface area (Å²) in [5.74, 6) is 0.871. The van der Waals surface area contributed by atoms with Crippen LogP contribution in [0.4, 0.5) is 0 Å². The number of aromatic nitrogens is 2. The summed E-state index contributed by atoms with van der Waals surface area (Å²) in [4.78, 5) is 0.330. The summed E-state index contributed by atoms with van der Waals surface area (Å²) in [5.41, 5.74) is 2.89. The van der Waals surface area contributed by atoms with Gasteiger partial charge in [0.25, 0.3) is 0 Å². The topological polar surface area (TPSA) is 70.4 Å². The van der Waals surface area contributed by atoms with E-state index in [2.05, 4.69) is 10.7 Å². The van der Waals surface area contributed by atoms with Crippen LogP contribution in [0.3, 0.4) is 0 Å². The zero-order valence-corrected chi connectivity index (χ0v) is 20.0. The van der Waals surface area contributed by atoms with Crippen molar-refractivity contribution < 1.29 is 17.9 Å². The Labute approximate surface area is 196 Å². The van der Waals surface area contributed by atoms with Crippen LogP contribution in [-0.2, 0) is 21.2 Å². The molecule has 0 atom stereocenters. The Morgan fingerprint density at radius 2 is 1.70 bits per heavy atom. The van der Waals surface area contributed by atoms with Crippen LogP contribution in [0.2, 0.25) is 0 Å². The Morgan fingerprint density at radius 3 is 2.39 bits per heavy atom. The van der Waals surface area contributed by atoms with Gasteiger partial charge in [-0.05, 0) is 48.7 Å². The molecule has 4 rings (SSSR count). The van der Waals surface area contributed by atoms with E-state index in [1.54, 1.807) is 12.1 Å². The SMILES string of the molecule is CS(=O)(=O)c1ccc(-c2cc(COCCCOc3ccccc3)nn2C2CCCCC2)cc1. The van der Waals surface area contributed by atoms with Crippen LogP contribution in [0, 0.1) is 0 Å². The van der Waals surface area contributed by atoms with Crippen LogP contribution in [-0.4, -0.2) is 37.7 Å². The van der Waals surface area contributed by atoms with Gasteiger partial charge in [-0.1, -0.05) is 49.6 Å². The lowest BCUT2D eigenvalue weighted by molar-refractivity contribution is 0.104. The molecule has 2 aromatic carbocycles. The van der Waals surface area contributed by atoms with Crippen molar-refractivity contribution in [2.24, 2.45) is 0 Å². The Hall–Kier alpha value is -2.64. The van der Waals surface area contributed by atoms with Gasteiger partial charge in [-0.2, -0.15) is 5.10 Å². The van der Waals surface area contributed by atoms with Crippen molar-refractivity contribution >= 4 is 9.84 Å². The molecule has 0 aliphatic heterocycles. The van der Waals surface area contributed by atoms with E-state index in [1.807, 2.05) is 42.5 Å². The van der Waals surface area contributed by atoms with Gasteiger partial charge in [0.1, 0.15) is 5.75 Å². The minimum Gasteiger partial charge on any atom is -0.494 e. The number of nitrogens with zero attached hydrogens (tertiary/aromatic N) is 2. The van der Waals surface area contributed by atoms with E-state index in [0.29, 0.717) is 30.8 Å². The van der Waals surface area contributed by atoms with E-state index in [-0.39, 0.29) is 0 Å². The number of hydrogen-bond donors (Lipinski definition) is 0. The van der Waals surface area contributed by atoms with Crippen molar-refractivity contribution in [1.29, 1.82) is 0 Å². The molecule has 0 amide bonds. The second-order valence-electron chi connectivity index (χ2n) is 8.62. The van der Waals surface area contributed by atoms with E-state index in [4.69, 9.17) is 14.6 Å². The molecule has 0 bridgehead atoms. The standard InChI is InChI=1S/C26H32N2O4S/c1-33(29,30)25-15-13-21(14-16-25)26-19-22(27-28(26)23-9-4-2-5-10-23)20-31-17-8-18-32-24-11-6-3-7-12-24/h3,6-7,11-16,19,23H,2,4-5,8-10,17-18,20H2,1H3. The summed E-state index contributed by atoms with van der Waals surface area (Å²) in [6.07, 6.45) is 7.97. The van der Waals surface area contributed by atoms with E-state index in [9.17, 15) is 8.42 Å². The quantitative estimate of drug-likeness (QED) is 0.370.